The highest BCUT2D eigenvalue weighted by molar-refractivity contribution is 9.10. The summed E-state index contributed by atoms with van der Waals surface area (Å²) >= 11 is 3.47. The maximum Gasteiger partial charge on any atom is 0.0511 e. The molecule has 1 N–H and O–H groups in total. The van der Waals surface area contributed by atoms with Gasteiger partial charge in [-0.25, -0.2) is 0 Å². The second-order valence-corrected chi connectivity index (χ2v) is 5.44. The molecular formula is C16H18BrN. The number of halogens is 1. The quantitative estimate of drug-likeness (QED) is 0.806. The van der Waals surface area contributed by atoms with Crippen LogP contribution in [0, 0.1) is 6.92 Å². The summed E-state index contributed by atoms with van der Waals surface area (Å²) < 4.78 is 1.12. The predicted molar refractivity (Wildman–Crippen MR) is 82.0 cm³/mol. The molecule has 2 heteroatoms. The molecule has 1 atom stereocenters. The summed E-state index contributed by atoms with van der Waals surface area (Å²) in [6, 6.07) is 17.4. The Bertz CT molecular complexity index is 488. The molecule has 0 fully saturated rings. The molecule has 0 amide bonds. The van der Waals surface area contributed by atoms with E-state index in [1.54, 1.807) is 0 Å². The molecule has 1 nitrogen and oxygen atoms in total. The zero-order valence-corrected chi connectivity index (χ0v) is 12.4. The zero-order chi connectivity index (χ0) is 13.0. The third-order valence-electron chi connectivity index (χ3n) is 3.07. The van der Waals surface area contributed by atoms with Crippen molar-refractivity contribution in [3.05, 3.63) is 64.1 Å². The Morgan fingerprint density at radius 1 is 1.00 bits per heavy atom. The topological polar surface area (TPSA) is 12.0 Å². The third kappa shape index (κ3) is 3.36. The summed E-state index contributed by atoms with van der Waals surface area (Å²) in [5.41, 5.74) is 3.79. The molecule has 0 aromatic heterocycles. The van der Waals surface area contributed by atoms with Crippen LogP contribution in [0.4, 0.5) is 5.69 Å². The van der Waals surface area contributed by atoms with Gasteiger partial charge in [-0.15, -0.1) is 0 Å². The summed E-state index contributed by atoms with van der Waals surface area (Å²) in [6.07, 6.45) is 1.06. The first kappa shape index (κ1) is 13.2. The predicted octanol–water partition coefficient (Wildman–Crippen LogP) is 5.32. The highest BCUT2D eigenvalue weighted by Gasteiger charge is 2.08. The van der Waals surface area contributed by atoms with Crippen molar-refractivity contribution < 1.29 is 0 Å². The molecule has 94 valence electrons. The Hall–Kier alpha value is -1.28. The molecule has 2 rings (SSSR count). The number of aryl methyl sites for hydroxylation is 1. The van der Waals surface area contributed by atoms with Gasteiger partial charge in [-0.1, -0.05) is 52.7 Å². The fourth-order valence-corrected chi connectivity index (χ4v) is 2.23. The van der Waals surface area contributed by atoms with Gasteiger partial charge in [0.2, 0.25) is 0 Å². The third-order valence-corrected chi connectivity index (χ3v) is 3.60. The van der Waals surface area contributed by atoms with Gasteiger partial charge in [0, 0.05) is 10.2 Å². The first-order chi connectivity index (χ1) is 8.69. The molecule has 0 heterocycles. The molecule has 18 heavy (non-hydrogen) atoms. The van der Waals surface area contributed by atoms with Crippen LogP contribution in [0.5, 0.6) is 0 Å². The van der Waals surface area contributed by atoms with Gasteiger partial charge in [0.25, 0.3) is 0 Å². The van der Waals surface area contributed by atoms with E-state index in [1.165, 1.54) is 16.8 Å². The first-order valence-electron chi connectivity index (χ1n) is 6.27. The highest BCUT2D eigenvalue weighted by Crippen LogP contribution is 2.24. The van der Waals surface area contributed by atoms with E-state index in [-0.39, 0.29) is 0 Å². The van der Waals surface area contributed by atoms with E-state index in [0.717, 1.165) is 10.9 Å². The van der Waals surface area contributed by atoms with Crippen molar-refractivity contribution in [2.24, 2.45) is 0 Å². The summed E-state index contributed by atoms with van der Waals surface area (Å²) in [5.74, 6) is 0. The lowest BCUT2D eigenvalue weighted by atomic mass is 10.0. The SMILES string of the molecule is CCC(Nc1ccc(C)cc1)c1ccc(Br)cc1. The second kappa shape index (κ2) is 6.05. The van der Waals surface area contributed by atoms with Crippen LogP contribution in [-0.2, 0) is 0 Å². The molecule has 2 aromatic rings. The van der Waals surface area contributed by atoms with Gasteiger partial charge >= 0.3 is 0 Å². The van der Waals surface area contributed by atoms with Gasteiger partial charge in [-0.2, -0.15) is 0 Å². The van der Waals surface area contributed by atoms with Crippen LogP contribution >= 0.6 is 15.9 Å². The molecule has 0 aliphatic heterocycles. The molecule has 1 unspecified atom stereocenters. The first-order valence-corrected chi connectivity index (χ1v) is 7.07. The van der Waals surface area contributed by atoms with E-state index in [4.69, 9.17) is 0 Å². The van der Waals surface area contributed by atoms with Crippen molar-refractivity contribution in [1.82, 2.24) is 0 Å². The molecule has 0 saturated carbocycles. The zero-order valence-electron chi connectivity index (χ0n) is 10.8. The van der Waals surface area contributed by atoms with Crippen molar-refractivity contribution in [2.75, 3.05) is 5.32 Å². The standard InChI is InChI=1S/C16H18BrN/c1-3-16(13-6-8-14(17)9-7-13)18-15-10-4-12(2)5-11-15/h4-11,16,18H,3H2,1-2H3. The molecule has 0 radical (unpaired) electrons. The lowest BCUT2D eigenvalue weighted by Gasteiger charge is -2.19. The molecule has 0 bridgehead atoms. The van der Waals surface area contributed by atoms with Crippen LogP contribution in [0.3, 0.4) is 0 Å². The summed E-state index contributed by atoms with van der Waals surface area (Å²) in [5, 5.41) is 3.58. The number of rotatable bonds is 4. The van der Waals surface area contributed by atoms with E-state index in [9.17, 15) is 0 Å². The van der Waals surface area contributed by atoms with E-state index in [2.05, 4.69) is 83.6 Å². The van der Waals surface area contributed by atoms with Gasteiger partial charge in [-0.3, -0.25) is 0 Å². The Morgan fingerprint density at radius 2 is 1.61 bits per heavy atom. The van der Waals surface area contributed by atoms with Crippen LogP contribution in [-0.4, -0.2) is 0 Å². The second-order valence-electron chi connectivity index (χ2n) is 4.52. The van der Waals surface area contributed by atoms with E-state index >= 15 is 0 Å². The van der Waals surface area contributed by atoms with E-state index in [0.29, 0.717) is 6.04 Å². The molecular weight excluding hydrogens is 286 g/mol. The average Bonchev–Trinajstić information content (AvgIpc) is 2.39. The average molecular weight is 304 g/mol. The minimum atomic E-state index is 0.362. The van der Waals surface area contributed by atoms with E-state index in [1.807, 2.05) is 0 Å². The van der Waals surface area contributed by atoms with Gasteiger partial charge in [0.15, 0.2) is 0 Å². The van der Waals surface area contributed by atoms with Crippen molar-refractivity contribution in [3.63, 3.8) is 0 Å². The Kier molecular flexibility index (Phi) is 4.43. The Balaban J connectivity index is 2.14. The number of hydrogen-bond donors (Lipinski definition) is 1. The molecule has 2 aromatic carbocycles. The van der Waals surface area contributed by atoms with Gasteiger partial charge in [0.05, 0.1) is 6.04 Å². The van der Waals surface area contributed by atoms with Crippen molar-refractivity contribution >= 4 is 21.6 Å². The number of benzene rings is 2. The highest BCUT2D eigenvalue weighted by atomic mass is 79.9. The number of nitrogens with one attached hydrogen (secondary N) is 1. The monoisotopic (exact) mass is 303 g/mol. The van der Waals surface area contributed by atoms with Crippen molar-refractivity contribution in [1.29, 1.82) is 0 Å². The summed E-state index contributed by atoms with van der Waals surface area (Å²) in [6.45, 7) is 4.31. The van der Waals surface area contributed by atoms with Crippen LogP contribution in [0.25, 0.3) is 0 Å². The minimum absolute atomic E-state index is 0.362. The summed E-state index contributed by atoms with van der Waals surface area (Å²) in [4.78, 5) is 0. The van der Waals surface area contributed by atoms with Crippen molar-refractivity contribution in [3.8, 4) is 0 Å². The van der Waals surface area contributed by atoms with Crippen LogP contribution in [0.15, 0.2) is 53.0 Å². The lowest BCUT2D eigenvalue weighted by Crippen LogP contribution is -2.09. The van der Waals surface area contributed by atoms with Crippen LogP contribution < -0.4 is 5.32 Å². The maximum atomic E-state index is 3.58. The van der Waals surface area contributed by atoms with Gasteiger partial charge < -0.3 is 5.32 Å². The molecule has 0 aliphatic carbocycles. The maximum absolute atomic E-state index is 3.58. The molecule has 0 aliphatic rings. The van der Waals surface area contributed by atoms with Crippen LogP contribution in [0.1, 0.15) is 30.5 Å². The largest absolute Gasteiger partial charge is 0.378 e. The van der Waals surface area contributed by atoms with Gasteiger partial charge in [0.1, 0.15) is 0 Å². The number of hydrogen-bond acceptors (Lipinski definition) is 1. The normalized spacial score (nSPS) is 12.2. The fraction of sp³-hybridized carbons (Fsp3) is 0.250. The van der Waals surface area contributed by atoms with Gasteiger partial charge in [-0.05, 0) is 43.2 Å². The number of anilines is 1. The lowest BCUT2D eigenvalue weighted by molar-refractivity contribution is 0.749. The Labute approximate surface area is 117 Å². The summed E-state index contributed by atoms with van der Waals surface area (Å²) in [7, 11) is 0. The van der Waals surface area contributed by atoms with E-state index < -0.39 is 0 Å². The Morgan fingerprint density at radius 3 is 2.17 bits per heavy atom. The molecule has 0 spiro atoms. The molecule has 0 saturated heterocycles. The van der Waals surface area contributed by atoms with Crippen molar-refractivity contribution in [2.45, 2.75) is 26.3 Å². The fourth-order valence-electron chi connectivity index (χ4n) is 1.97. The van der Waals surface area contributed by atoms with Crippen LogP contribution in [0.2, 0.25) is 0 Å². The smallest absolute Gasteiger partial charge is 0.0511 e. The minimum Gasteiger partial charge on any atom is -0.378 e.